The lowest BCUT2D eigenvalue weighted by atomic mass is 9.96. The molecule has 2 atom stereocenters. The first-order valence-electron chi connectivity index (χ1n) is 14.8. The molecular formula is C30H42N6O7. The number of primary amides is 1. The van der Waals surface area contributed by atoms with Crippen LogP contribution in [0.3, 0.4) is 0 Å². The van der Waals surface area contributed by atoms with Crippen molar-refractivity contribution in [2.75, 3.05) is 18.4 Å². The van der Waals surface area contributed by atoms with Crippen LogP contribution in [-0.4, -0.2) is 70.7 Å². The van der Waals surface area contributed by atoms with Crippen LogP contribution in [0.2, 0.25) is 0 Å². The summed E-state index contributed by atoms with van der Waals surface area (Å²) in [5, 5.41) is 20.2. The molecule has 13 nitrogen and oxygen atoms in total. The summed E-state index contributed by atoms with van der Waals surface area (Å²) in [6.45, 7) is 0.384. The van der Waals surface area contributed by atoms with Gasteiger partial charge in [-0.25, -0.2) is 4.79 Å². The Labute approximate surface area is 251 Å². The van der Waals surface area contributed by atoms with Gasteiger partial charge in [-0.3, -0.25) is 28.9 Å². The van der Waals surface area contributed by atoms with Crippen molar-refractivity contribution < 1.29 is 33.9 Å². The van der Waals surface area contributed by atoms with Crippen LogP contribution in [0.25, 0.3) is 0 Å². The number of nitrogens with one attached hydrogen (secondary N) is 4. The summed E-state index contributed by atoms with van der Waals surface area (Å²) >= 11 is 0. The second-order valence-electron chi connectivity index (χ2n) is 10.9. The van der Waals surface area contributed by atoms with E-state index in [-0.39, 0.29) is 49.6 Å². The number of amides is 7. The molecule has 13 heteroatoms. The zero-order valence-electron chi connectivity index (χ0n) is 24.3. The highest BCUT2D eigenvalue weighted by Gasteiger charge is 2.34. The molecule has 234 valence electrons. The fourth-order valence-corrected chi connectivity index (χ4v) is 5.29. The molecule has 1 aromatic rings. The van der Waals surface area contributed by atoms with Crippen LogP contribution in [0.4, 0.5) is 10.5 Å². The van der Waals surface area contributed by atoms with Crippen molar-refractivity contribution in [2.45, 2.75) is 82.9 Å². The summed E-state index contributed by atoms with van der Waals surface area (Å²) in [6.07, 6.45) is 8.43. The molecule has 43 heavy (non-hydrogen) atoms. The van der Waals surface area contributed by atoms with Crippen molar-refractivity contribution in [1.82, 2.24) is 20.9 Å². The van der Waals surface area contributed by atoms with Gasteiger partial charge in [0, 0.05) is 37.3 Å². The van der Waals surface area contributed by atoms with Crippen LogP contribution < -0.4 is 27.0 Å². The van der Waals surface area contributed by atoms with Crippen LogP contribution in [0.5, 0.6) is 0 Å². The Balaban J connectivity index is 1.57. The molecule has 1 aliphatic carbocycles. The number of hydrogen-bond acceptors (Lipinski definition) is 7. The highest BCUT2D eigenvalue weighted by Crippen LogP contribution is 2.28. The number of anilines is 1. The van der Waals surface area contributed by atoms with E-state index in [4.69, 9.17) is 5.73 Å². The van der Waals surface area contributed by atoms with Crippen molar-refractivity contribution in [2.24, 2.45) is 11.7 Å². The van der Waals surface area contributed by atoms with E-state index in [1.54, 1.807) is 24.3 Å². The predicted octanol–water partition coefficient (Wildman–Crippen LogP) is 1.21. The number of imide groups is 1. The Morgan fingerprint density at radius 2 is 1.58 bits per heavy atom. The molecule has 0 radical (unpaired) electrons. The van der Waals surface area contributed by atoms with Gasteiger partial charge in [0.05, 0.1) is 6.61 Å². The Morgan fingerprint density at radius 1 is 0.907 bits per heavy atom. The average Bonchev–Trinajstić information content (AvgIpc) is 3.63. The number of urea groups is 1. The second kappa shape index (κ2) is 17.0. The van der Waals surface area contributed by atoms with Gasteiger partial charge in [0.1, 0.15) is 12.1 Å². The van der Waals surface area contributed by atoms with Gasteiger partial charge in [0.2, 0.25) is 17.7 Å². The van der Waals surface area contributed by atoms with Crippen molar-refractivity contribution in [3.63, 3.8) is 0 Å². The number of unbranched alkanes of at least 4 members (excludes halogenated alkanes) is 2. The summed E-state index contributed by atoms with van der Waals surface area (Å²) in [5.41, 5.74) is 6.31. The average molecular weight is 599 g/mol. The minimum absolute atomic E-state index is 0.0603. The largest absolute Gasteiger partial charge is 0.392 e. The third-order valence-corrected chi connectivity index (χ3v) is 7.66. The van der Waals surface area contributed by atoms with Crippen molar-refractivity contribution in [3.05, 3.63) is 42.0 Å². The molecule has 3 rings (SSSR count). The van der Waals surface area contributed by atoms with Crippen molar-refractivity contribution >= 4 is 41.3 Å². The van der Waals surface area contributed by atoms with E-state index in [0.29, 0.717) is 43.5 Å². The van der Waals surface area contributed by atoms with Gasteiger partial charge in [0.25, 0.3) is 11.8 Å². The zero-order valence-corrected chi connectivity index (χ0v) is 24.3. The van der Waals surface area contributed by atoms with E-state index in [1.807, 2.05) is 0 Å². The Morgan fingerprint density at radius 3 is 2.21 bits per heavy atom. The number of nitrogens with zero attached hydrogens (tertiary/aromatic N) is 1. The van der Waals surface area contributed by atoms with E-state index in [2.05, 4.69) is 21.3 Å². The molecule has 0 spiro atoms. The molecule has 1 fully saturated rings. The third kappa shape index (κ3) is 10.8. The fraction of sp³-hybridized carbons (Fsp3) is 0.533. The summed E-state index contributed by atoms with van der Waals surface area (Å²) in [6, 6.07) is 4.22. The zero-order chi connectivity index (χ0) is 31.2. The highest BCUT2D eigenvalue weighted by atomic mass is 16.3. The molecule has 1 heterocycles. The van der Waals surface area contributed by atoms with Crippen LogP contribution in [0, 0.1) is 5.92 Å². The lowest BCUT2D eigenvalue weighted by Gasteiger charge is -2.27. The molecule has 1 aromatic carbocycles. The molecule has 0 saturated heterocycles. The minimum Gasteiger partial charge on any atom is -0.392 e. The topological polar surface area (TPSA) is 200 Å². The van der Waals surface area contributed by atoms with Gasteiger partial charge < -0.3 is 32.1 Å². The smallest absolute Gasteiger partial charge is 0.312 e. The second-order valence-corrected chi connectivity index (χ2v) is 10.9. The number of aliphatic hydroxyl groups excluding tert-OH is 1. The normalized spacial score (nSPS) is 16.2. The fourth-order valence-electron chi connectivity index (χ4n) is 5.29. The quantitative estimate of drug-likeness (QED) is 0.114. The number of benzene rings is 1. The summed E-state index contributed by atoms with van der Waals surface area (Å²) in [7, 11) is 0. The lowest BCUT2D eigenvalue weighted by molar-refractivity contribution is -0.137. The SMILES string of the molecule is NC(=O)NCCC[C@H](NC(=O)C(NC(=O)CCCCCN1C(=O)C=CC1=O)C1CCCC1)C(=O)Nc1ccc(CO)cc1. The summed E-state index contributed by atoms with van der Waals surface area (Å²) in [5.74, 6) is -1.90. The Hall–Kier alpha value is -4.26. The number of carbonyl (C=O) groups is 6. The Kier molecular flexibility index (Phi) is 13.1. The molecule has 1 saturated carbocycles. The molecular weight excluding hydrogens is 556 g/mol. The van der Waals surface area contributed by atoms with Crippen molar-refractivity contribution in [1.29, 1.82) is 0 Å². The van der Waals surface area contributed by atoms with Crippen LogP contribution >= 0.6 is 0 Å². The number of carbonyl (C=O) groups excluding carboxylic acids is 6. The minimum atomic E-state index is -0.939. The van der Waals surface area contributed by atoms with Gasteiger partial charge in [-0.05, 0) is 62.1 Å². The molecule has 1 unspecified atom stereocenters. The van der Waals surface area contributed by atoms with Crippen LogP contribution in [0.15, 0.2) is 36.4 Å². The van der Waals surface area contributed by atoms with E-state index >= 15 is 0 Å². The maximum atomic E-state index is 13.5. The van der Waals surface area contributed by atoms with Gasteiger partial charge in [-0.15, -0.1) is 0 Å². The van der Waals surface area contributed by atoms with Gasteiger partial charge in [-0.1, -0.05) is 31.4 Å². The molecule has 0 aromatic heterocycles. The Bertz CT molecular complexity index is 1160. The molecule has 0 bridgehead atoms. The number of rotatable bonds is 17. The van der Waals surface area contributed by atoms with Crippen LogP contribution in [-0.2, 0) is 30.6 Å². The highest BCUT2D eigenvalue weighted by molar-refractivity contribution is 6.12. The van der Waals surface area contributed by atoms with E-state index in [0.717, 1.165) is 25.7 Å². The number of aliphatic hydroxyl groups is 1. The van der Waals surface area contributed by atoms with E-state index < -0.39 is 29.9 Å². The maximum absolute atomic E-state index is 13.5. The molecule has 1 aliphatic heterocycles. The number of hydrogen-bond donors (Lipinski definition) is 6. The number of nitrogens with two attached hydrogens (primary N) is 1. The first kappa shape index (κ1) is 33.2. The predicted molar refractivity (Wildman–Crippen MR) is 158 cm³/mol. The first-order valence-corrected chi connectivity index (χ1v) is 14.8. The summed E-state index contributed by atoms with van der Waals surface area (Å²) < 4.78 is 0. The monoisotopic (exact) mass is 598 g/mol. The molecule has 7 N–H and O–H groups in total. The van der Waals surface area contributed by atoms with Crippen LogP contribution in [0.1, 0.15) is 69.8 Å². The maximum Gasteiger partial charge on any atom is 0.312 e. The first-order chi connectivity index (χ1) is 20.7. The van der Waals surface area contributed by atoms with Gasteiger partial charge >= 0.3 is 6.03 Å². The lowest BCUT2D eigenvalue weighted by Crippen LogP contribution is -2.55. The standard InChI is InChI=1S/C30H42N6O7/c31-30(43)32-17-6-9-23(28(41)33-22-13-11-20(19-37)12-14-22)34-29(42)27(21-7-3-4-8-21)35-24(38)10-2-1-5-18-36-25(39)15-16-26(36)40/h11-16,21,23,27,37H,1-10,17-19H2,(H,33,41)(H,34,42)(H,35,38)(H3,31,32,43)/t23-,27?/m0/s1. The van der Waals surface area contributed by atoms with E-state index in [9.17, 15) is 33.9 Å². The summed E-state index contributed by atoms with van der Waals surface area (Å²) in [4.78, 5) is 75.2. The molecule has 2 aliphatic rings. The van der Waals surface area contributed by atoms with Gasteiger partial charge in [0.15, 0.2) is 0 Å². The van der Waals surface area contributed by atoms with Crippen molar-refractivity contribution in [3.8, 4) is 0 Å². The molecule has 7 amide bonds. The van der Waals surface area contributed by atoms with E-state index in [1.165, 1.54) is 17.1 Å². The third-order valence-electron chi connectivity index (χ3n) is 7.66. The van der Waals surface area contributed by atoms with Gasteiger partial charge in [-0.2, -0.15) is 0 Å².